The molecule has 3 aliphatic rings. The smallest absolute Gasteiger partial charge is 0.312 e. The van der Waals surface area contributed by atoms with Crippen molar-refractivity contribution in [2.75, 3.05) is 26.3 Å². The number of aliphatic hydroxyl groups is 1. The summed E-state index contributed by atoms with van der Waals surface area (Å²) in [5, 5.41) is 10.3. The fourth-order valence-corrected chi connectivity index (χ4v) is 6.98. The van der Waals surface area contributed by atoms with E-state index in [1.54, 1.807) is 22.8 Å². The van der Waals surface area contributed by atoms with Crippen LogP contribution in [0, 0.1) is 17.8 Å². The maximum atomic E-state index is 14.1. The first-order valence-corrected chi connectivity index (χ1v) is 13.4. The Hall–Kier alpha value is -1.45. The summed E-state index contributed by atoms with van der Waals surface area (Å²) < 4.78 is 11.8. The maximum absolute atomic E-state index is 14.1. The molecule has 0 saturated carbocycles. The van der Waals surface area contributed by atoms with Crippen LogP contribution in [0.4, 0.5) is 0 Å². The summed E-state index contributed by atoms with van der Waals surface area (Å²) in [6.45, 7) is 12.5. The predicted octanol–water partition coefficient (Wildman–Crippen LogP) is 2.52. The SMILES string of the molecule is C=CCN(CCCC)C(=O)C1N([C@@H](CO)CC(C)C)C(=O)[C@@H]2[C@H](C(=O)OCC)[C@H]3OC12CC3Br. The van der Waals surface area contributed by atoms with Crippen molar-refractivity contribution in [1.82, 2.24) is 9.80 Å². The molecule has 2 amide bonds. The molecule has 2 bridgehead atoms. The second-order valence-electron chi connectivity index (χ2n) is 10.1. The van der Waals surface area contributed by atoms with E-state index in [1.807, 2.05) is 13.8 Å². The van der Waals surface area contributed by atoms with Crippen LogP contribution in [0.15, 0.2) is 12.7 Å². The van der Waals surface area contributed by atoms with Gasteiger partial charge in [0.05, 0.1) is 37.2 Å². The Morgan fingerprint density at radius 2 is 2.12 bits per heavy atom. The molecule has 1 N–H and O–H groups in total. The lowest BCUT2D eigenvalue weighted by molar-refractivity contribution is -0.156. The van der Waals surface area contributed by atoms with Gasteiger partial charge in [-0.1, -0.05) is 49.2 Å². The quantitative estimate of drug-likeness (QED) is 0.231. The maximum Gasteiger partial charge on any atom is 0.312 e. The summed E-state index contributed by atoms with van der Waals surface area (Å²) in [7, 11) is 0. The van der Waals surface area contributed by atoms with Crippen LogP contribution in [0.25, 0.3) is 0 Å². The summed E-state index contributed by atoms with van der Waals surface area (Å²) in [6, 6.07) is -1.46. The molecule has 3 rings (SSSR count). The number of amides is 2. The molecule has 1 spiro atoms. The van der Waals surface area contributed by atoms with E-state index in [2.05, 4.69) is 29.4 Å². The molecule has 192 valence electrons. The summed E-state index contributed by atoms with van der Waals surface area (Å²) in [4.78, 5) is 44.2. The van der Waals surface area contributed by atoms with Gasteiger partial charge >= 0.3 is 5.97 Å². The van der Waals surface area contributed by atoms with E-state index in [4.69, 9.17) is 9.47 Å². The molecule has 0 aromatic heterocycles. The molecule has 34 heavy (non-hydrogen) atoms. The van der Waals surface area contributed by atoms with E-state index >= 15 is 0 Å². The first-order valence-electron chi connectivity index (χ1n) is 12.5. The normalized spacial score (nSPS) is 32.7. The highest BCUT2D eigenvalue weighted by Crippen LogP contribution is 2.60. The number of alkyl halides is 1. The Morgan fingerprint density at radius 3 is 2.68 bits per heavy atom. The number of esters is 1. The second kappa shape index (κ2) is 11.1. The number of halogens is 1. The van der Waals surface area contributed by atoms with Gasteiger partial charge in [0.2, 0.25) is 11.8 Å². The number of fused-ring (bicyclic) bond motifs is 1. The van der Waals surface area contributed by atoms with E-state index in [1.165, 1.54) is 0 Å². The minimum Gasteiger partial charge on any atom is -0.466 e. The monoisotopic (exact) mass is 542 g/mol. The molecule has 3 saturated heterocycles. The van der Waals surface area contributed by atoms with Crippen LogP contribution < -0.4 is 0 Å². The van der Waals surface area contributed by atoms with Crippen molar-refractivity contribution >= 4 is 33.7 Å². The van der Waals surface area contributed by atoms with Crippen LogP contribution in [-0.4, -0.2) is 87.6 Å². The molecule has 3 fully saturated rings. The molecular weight excluding hydrogens is 504 g/mol. The fourth-order valence-electron chi connectivity index (χ4n) is 6.04. The Kier molecular flexibility index (Phi) is 8.85. The molecule has 3 aliphatic heterocycles. The Morgan fingerprint density at radius 1 is 1.41 bits per heavy atom. The molecule has 7 atom stereocenters. The van der Waals surface area contributed by atoms with Crippen molar-refractivity contribution in [1.29, 1.82) is 0 Å². The van der Waals surface area contributed by atoms with Crippen molar-refractivity contribution in [3.05, 3.63) is 12.7 Å². The number of carbonyl (C=O) groups excluding carboxylic acids is 3. The molecule has 3 unspecified atom stereocenters. The van der Waals surface area contributed by atoms with Crippen LogP contribution >= 0.6 is 15.9 Å². The highest BCUT2D eigenvalue weighted by Gasteiger charge is 2.77. The number of nitrogens with zero attached hydrogens (tertiary/aromatic N) is 2. The Balaban J connectivity index is 2.10. The standard InChI is InChI=1S/C25H39BrN2O6/c1-6-9-11-27(10-7-2)23(31)21-25-13-17(26)20(34-25)18(24(32)33-8-3)19(25)22(30)28(21)16(14-29)12-15(4)5/h7,15-21,29H,2,6,8-14H2,1,3-5H3/t16-,17?,18+,19+,20+,21?,25?/m1/s1. The third-order valence-corrected chi connectivity index (χ3v) is 8.15. The molecule has 3 heterocycles. The van der Waals surface area contributed by atoms with Crippen LogP contribution in [0.2, 0.25) is 0 Å². The number of rotatable bonds is 12. The van der Waals surface area contributed by atoms with Gasteiger partial charge in [0, 0.05) is 17.9 Å². The lowest BCUT2D eigenvalue weighted by atomic mass is 9.70. The average Bonchev–Trinajstić information content (AvgIpc) is 3.38. The lowest BCUT2D eigenvalue weighted by Gasteiger charge is -2.39. The van der Waals surface area contributed by atoms with Gasteiger partial charge < -0.3 is 24.4 Å². The summed E-state index contributed by atoms with van der Waals surface area (Å²) in [5.41, 5.74) is -1.14. The first kappa shape index (κ1) is 27.1. The Labute approximate surface area is 211 Å². The minimum absolute atomic E-state index is 0.178. The van der Waals surface area contributed by atoms with Gasteiger partial charge in [-0.05, 0) is 32.1 Å². The van der Waals surface area contributed by atoms with Gasteiger partial charge in [-0.25, -0.2) is 0 Å². The van der Waals surface area contributed by atoms with Gasteiger partial charge in [0.25, 0.3) is 0 Å². The van der Waals surface area contributed by atoms with Gasteiger partial charge in [-0.3, -0.25) is 14.4 Å². The number of unbranched alkanes of at least 4 members (excludes halogenated alkanes) is 1. The number of carbonyl (C=O) groups is 3. The molecule has 0 aromatic carbocycles. The van der Waals surface area contributed by atoms with E-state index in [0.717, 1.165) is 12.8 Å². The summed E-state index contributed by atoms with van der Waals surface area (Å²) >= 11 is 3.65. The van der Waals surface area contributed by atoms with E-state index < -0.39 is 41.6 Å². The van der Waals surface area contributed by atoms with Crippen LogP contribution in [0.1, 0.15) is 53.4 Å². The summed E-state index contributed by atoms with van der Waals surface area (Å²) in [5.74, 6) is -2.37. The van der Waals surface area contributed by atoms with Crippen molar-refractivity contribution in [3.8, 4) is 0 Å². The van der Waals surface area contributed by atoms with Crippen LogP contribution in [0.3, 0.4) is 0 Å². The van der Waals surface area contributed by atoms with Gasteiger partial charge in [-0.2, -0.15) is 0 Å². The molecule has 9 heteroatoms. The van der Waals surface area contributed by atoms with E-state index in [9.17, 15) is 19.5 Å². The van der Waals surface area contributed by atoms with Gasteiger partial charge in [0.1, 0.15) is 11.6 Å². The third kappa shape index (κ3) is 4.55. The van der Waals surface area contributed by atoms with E-state index in [0.29, 0.717) is 25.9 Å². The zero-order valence-corrected chi connectivity index (χ0v) is 22.3. The number of hydrogen-bond acceptors (Lipinski definition) is 6. The summed E-state index contributed by atoms with van der Waals surface area (Å²) in [6.07, 6.45) is 3.86. The Bertz CT molecular complexity index is 791. The third-order valence-electron chi connectivity index (χ3n) is 7.31. The zero-order chi connectivity index (χ0) is 25.2. The zero-order valence-electron chi connectivity index (χ0n) is 20.7. The molecule has 0 radical (unpaired) electrons. The minimum atomic E-state index is -1.14. The van der Waals surface area contributed by atoms with Crippen molar-refractivity contribution < 1.29 is 29.0 Å². The first-order chi connectivity index (χ1) is 16.2. The van der Waals surface area contributed by atoms with Crippen LogP contribution in [0.5, 0.6) is 0 Å². The lowest BCUT2D eigenvalue weighted by Crippen LogP contribution is -2.59. The van der Waals surface area contributed by atoms with Crippen LogP contribution in [-0.2, 0) is 23.9 Å². The highest BCUT2D eigenvalue weighted by atomic mass is 79.9. The van der Waals surface area contributed by atoms with Gasteiger partial charge in [0.15, 0.2) is 0 Å². The topological polar surface area (TPSA) is 96.4 Å². The number of ether oxygens (including phenoxy) is 2. The predicted molar refractivity (Wildman–Crippen MR) is 131 cm³/mol. The number of likely N-dealkylation sites (tertiary alicyclic amines) is 1. The fraction of sp³-hybridized carbons (Fsp3) is 0.800. The molecule has 8 nitrogen and oxygen atoms in total. The molecular formula is C25H39BrN2O6. The van der Waals surface area contributed by atoms with Crippen molar-refractivity contribution in [2.45, 2.75) is 82.0 Å². The average molecular weight is 543 g/mol. The molecule has 0 aliphatic carbocycles. The number of hydrogen-bond donors (Lipinski definition) is 1. The van der Waals surface area contributed by atoms with Crippen molar-refractivity contribution in [3.63, 3.8) is 0 Å². The van der Waals surface area contributed by atoms with E-state index in [-0.39, 0.29) is 35.8 Å². The second-order valence-corrected chi connectivity index (χ2v) is 11.2. The molecule has 0 aromatic rings. The largest absolute Gasteiger partial charge is 0.466 e. The highest BCUT2D eigenvalue weighted by molar-refractivity contribution is 9.09. The van der Waals surface area contributed by atoms with Gasteiger partial charge in [-0.15, -0.1) is 6.58 Å². The van der Waals surface area contributed by atoms with Crippen molar-refractivity contribution in [2.24, 2.45) is 17.8 Å². The number of aliphatic hydroxyl groups excluding tert-OH is 1.